The number of hydrogen-bond acceptors (Lipinski definition) is 5. The Hall–Kier alpha value is -2.50. The van der Waals surface area contributed by atoms with Crippen LogP contribution in [0.3, 0.4) is 0 Å². The predicted molar refractivity (Wildman–Crippen MR) is 104 cm³/mol. The first-order valence-electron chi connectivity index (χ1n) is 8.27. The van der Waals surface area contributed by atoms with Gasteiger partial charge in [0.25, 0.3) is 0 Å². The molecule has 0 N–H and O–H groups in total. The van der Waals surface area contributed by atoms with Crippen LogP contribution in [0.4, 0.5) is 0 Å². The zero-order valence-corrected chi connectivity index (χ0v) is 16.3. The molecule has 0 unspecified atom stereocenters. The maximum atomic E-state index is 11.4. The number of rotatable bonds is 6. The Labute approximate surface area is 166 Å². The van der Waals surface area contributed by atoms with E-state index in [1.165, 1.54) is 7.11 Å². The number of ether oxygens (including phenoxy) is 2. The van der Waals surface area contributed by atoms with Gasteiger partial charge in [0.15, 0.2) is 5.69 Å². The molecule has 140 valence electrons. The van der Waals surface area contributed by atoms with Gasteiger partial charge < -0.3 is 13.9 Å². The third-order valence-corrected chi connectivity index (χ3v) is 4.58. The van der Waals surface area contributed by atoms with Crippen molar-refractivity contribution in [3.05, 3.63) is 58.1 Å². The zero-order chi connectivity index (χ0) is 19.4. The van der Waals surface area contributed by atoms with E-state index in [2.05, 4.69) is 9.72 Å². The fraction of sp³-hybridized carbons (Fsp3) is 0.200. The highest BCUT2D eigenvalue weighted by Crippen LogP contribution is 2.37. The summed E-state index contributed by atoms with van der Waals surface area (Å²) >= 11 is 12.1. The molecule has 1 aromatic heterocycles. The van der Waals surface area contributed by atoms with Crippen molar-refractivity contribution in [1.82, 2.24) is 4.98 Å². The van der Waals surface area contributed by atoms with E-state index >= 15 is 0 Å². The number of methoxy groups -OCH3 is 1. The summed E-state index contributed by atoms with van der Waals surface area (Å²) in [5, 5.41) is 0.886. The molecule has 3 aromatic rings. The lowest BCUT2D eigenvalue weighted by Gasteiger charge is -2.02. The maximum Gasteiger partial charge on any atom is 0.313 e. The topological polar surface area (TPSA) is 61.6 Å². The Morgan fingerprint density at radius 2 is 1.78 bits per heavy atom. The van der Waals surface area contributed by atoms with Crippen molar-refractivity contribution in [2.24, 2.45) is 0 Å². The first-order chi connectivity index (χ1) is 13.0. The van der Waals surface area contributed by atoms with Gasteiger partial charge in [-0.05, 0) is 36.8 Å². The minimum atomic E-state index is -0.292. The average molecular weight is 406 g/mol. The summed E-state index contributed by atoms with van der Waals surface area (Å²) in [4.78, 5) is 15.9. The monoisotopic (exact) mass is 405 g/mol. The fourth-order valence-corrected chi connectivity index (χ4v) is 2.79. The van der Waals surface area contributed by atoms with Gasteiger partial charge in [0, 0.05) is 11.1 Å². The molecule has 7 heteroatoms. The molecule has 3 rings (SSSR count). The number of hydrogen-bond donors (Lipinski definition) is 0. The molecule has 0 bridgehead atoms. The van der Waals surface area contributed by atoms with Crippen LogP contribution in [0.5, 0.6) is 5.95 Å². The van der Waals surface area contributed by atoms with Gasteiger partial charge in [-0.25, -0.2) is 4.98 Å². The summed E-state index contributed by atoms with van der Waals surface area (Å²) in [6.07, 6.45) is 0.209. The molecule has 0 aliphatic heterocycles. The molecule has 1 heterocycles. The Bertz CT molecular complexity index is 951. The minimum Gasteiger partial charge on any atom is -0.469 e. The fourth-order valence-electron chi connectivity index (χ4n) is 2.49. The van der Waals surface area contributed by atoms with Crippen molar-refractivity contribution < 1.29 is 18.7 Å². The molecular formula is C20H17Cl2NO4. The first-order valence-corrected chi connectivity index (χ1v) is 9.02. The highest BCUT2D eigenvalue weighted by Gasteiger charge is 2.18. The van der Waals surface area contributed by atoms with Crippen molar-refractivity contribution in [1.29, 1.82) is 0 Å². The van der Waals surface area contributed by atoms with Crippen LogP contribution in [-0.4, -0.2) is 24.7 Å². The number of aromatic nitrogens is 1. The maximum absolute atomic E-state index is 11.4. The van der Waals surface area contributed by atoms with E-state index in [-0.39, 0.29) is 12.4 Å². The van der Waals surface area contributed by atoms with Crippen LogP contribution in [0.25, 0.3) is 22.7 Å². The largest absolute Gasteiger partial charge is 0.469 e. The van der Waals surface area contributed by atoms with E-state index in [4.69, 9.17) is 32.4 Å². The number of halogens is 2. The quantitative estimate of drug-likeness (QED) is 0.511. The van der Waals surface area contributed by atoms with E-state index in [1.807, 2.05) is 31.2 Å². The van der Waals surface area contributed by atoms with Crippen LogP contribution >= 0.6 is 23.2 Å². The second kappa shape index (κ2) is 8.46. The smallest absolute Gasteiger partial charge is 0.313 e. The van der Waals surface area contributed by atoms with E-state index < -0.39 is 0 Å². The van der Waals surface area contributed by atoms with Crippen LogP contribution in [0.15, 0.2) is 46.9 Å². The summed E-state index contributed by atoms with van der Waals surface area (Å²) in [7, 11) is 1.36. The Kier molecular flexibility index (Phi) is 6.04. The zero-order valence-electron chi connectivity index (χ0n) is 14.8. The third kappa shape index (κ3) is 4.43. The van der Waals surface area contributed by atoms with Gasteiger partial charge in [-0.1, -0.05) is 41.4 Å². The van der Waals surface area contributed by atoms with Crippen molar-refractivity contribution in [3.8, 4) is 28.7 Å². The third-order valence-electron chi connectivity index (χ3n) is 3.84. The molecule has 2 aromatic carbocycles. The van der Waals surface area contributed by atoms with Gasteiger partial charge in [0.1, 0.15) is 0 Å². The highest BCUT2D eigenvalue weighted by atomic mass is 35.5. The molecule has 5 nitrogen and oxygen atoms in total. The molecule has 0 radical (unpaired) electrons. The normalized spacial score (nSPS) is 10.7. The number of nitrogens with zero attached hydrogens (tertiary/aromatic N) is 1. The van der Waals surface area contributed by atoms with E-state index in [9.17, 15) is 4.79 Å². The van der Waals surface area contributed by atoms with Crippen molar-refractivity contribution in [3.63, 3.8) is 0 Å². The van der Waals surface area contributed by atoms with Gasteiger partial charge in [0.05, 0.1) is 30.2 Å². The van der Waals surface area contributed by atoms with Crippen LogP contribution in [-0.2, 0) is 16.0 Å². The lowest BCUT2D eigenvalue weighted by Crippen LogP contribution is -2.04. The van der Waals surface area contributed by atoms with Crippen molar-refractivity contribution in [2.75, 3.05) is 13.7 Å². The lowest BCUT2D eigenvalue weighted by atomic mass is 10.1. The van der Waals surface area contributed by atoms with Crippen LogP contribution < -0.4 is 4.74 Å². The molecule has 0 saturated carbocycles. The summed E-state index contributed by atoms with van der Waals surface area (Å²) in [6, 6.07) is 12.5. The van der Waals surface area contributed by atoms with Crippen molar-refractivity contribution in [2.45, 2.75) is 13.3 Å². The van der Waals surface area contributed by atoms with Gasteiger partial charge in [-0.3, -0.25) is 4.79 Å². The van der Waals surface area contributed by atoms with Crippen LogP contribution in [0.1, 0.15) is 12.5 Å². The van der Waals surface area contributed by atoms with E-state index in [0.717, 1.165) is 16.7 Å². The summed E-state index contributed by atoms with van der Waals surface area (Å²) in [5.74, 6) is 0.424. The van der Waals surface area contributed by atoms with Crippen LogP contribution in [0.2, 0.25) is 10.0 Å². The summed E-state index contributed by atoms with van der Waals surface area (Å²) in [6.45, 7) is 2.30. The number of esters is 1. The van der Waals surface area contributed by atoms with E-state index in [1.54, 1.807) is 18.2 Å². The molecule has 0 fully saturated rings. The lowest BCUT2D eigenvalue weighted by molar-refractivity contribution is -0.139. The molecule has 27 heavy (non-hydrogen) atoms. The van der Waals surface area contributed by atoms with Gasteiger partial charge in [0.2, 0.25) is 5.89 Å². The molecule has 0 atom stereocenters. The summed E-state index contributed by atoms with van der Waals surface area (Å²) < 4.78 is 16.1. The number of carbonyl (C=O) groups excluding carboxylic acids is 1. The SMILES string of the molecule is CCOc1oc(-c2ccc(CC(=O)OC)cc2)nc1-c1ccc(Cl)c(Cl)c1. The molecule has 0 spiro atoms. The van der Waals surface area contributed by atoms with E-state index in [0.29, 0.717) is 34.2 Å². The minimum absolute atomic E-state index is 0.209. The Morgan fingerprint density at radius 3 is 2.41 bits per heavy atom. The average Bonchev–Trinajstić information content (AvgIpc) is 3.08. The molecule has 0 aliphatic rings. The first kappa shape index (κ1) is 19.3. The number of carbonyl (C=O) groups is 1. The Morgan fingerprint density at radius 1 is 1.07 bits per heavy atom. The highest BCUT2D eigenvalue weighted by molar-refractivity contribution is 6.42. The van der Waals surface area contributed by atoms with Gasteiger partial charge in [-0.2, -0.15) is 0 Å². The van der Waals surface area contributed by atoms with Crippen LogP contribution in [0, 0.1) is 0 Å². The Balaban J connectivity index is 1.94. The van der Waals surface area contributed by atoms with Crippen molar-refractivity contribution >= 4 is 29.2 Å². The second-order valence-corrected chi connectivity index (χ2v) is 6.48. The predicted octanol–water partition coefficient (Wildman–Crippen LogP) is 5.43. The number of benzene rings is 2. The molecule has 0 saturated heterocycles. The van der Waals surface area contributed by atoms with Gasteiger partial charge >= 0.3 is 11.9 Å². The molecule has 0 aliphatic carbocycles. The summed E-state index contributed by atoms with van der Waals surface area (Å²) in [5.41, 5.74) is 2.89. The standard InChI is InChI=1S/C20H17Cl2NO4/c1-3-26-20-18(14-8-9-15(21)16(22)11-14)23-19(27-20)13-6-4-12(5-7-13)10-17(24)25-2/h4-9,11H,3,10H2,1-2H3. The van der Waals surface area contributed by atoms with Gasteiger partial charge in [-0.15, -0.1) is 0 Å². The second-order valence-electron chi connectivity index (χ2n) is 5.67. The molecular weight excluding hydrogens is 389 g/mol. The number of oxazole rings is 1. The molecule has 0 amide bonds.